The smallest absolute Gasteiger partial charge is 0.253 e. The summed E-state index contributed by atoms with van der Waals surface area (Å²) in [6.07, 6.45) is 2.75. The molecule has 4 rings (SSSR count). The van der Waals surface area contributed by atoms with Crippen molar-refractivity contribution in [2.45, 2.75) is 13.0 Å². The molecule has 1 aromatic heterocycles. The number of halogens is 1. The molecule has 0 unspecified atom stereocenters. The van der Waals surface area contributed by atoms with Crippen LogP contribution in [0.15, 0.2) is 53.1 Å². The highest BCUT2D eigenvalue weighted by Gasteiger charge is 2.24. The van der Waals surface area contributed by atoms with Crippen LogP contribution in [0, 0.1) is 0 Å². The fourth-order valence-corrected chi connectivity index (χ4v) is 4.04. The van der Waals surface area contributed by atoms with Gasteiger partial charge in [-0.1, -0.05) is 18.2 Å². The molecule has 3 N–H and O–H groups in total. The minimum Gasteiger partial charge on any atom is -0.355 e. The second-order valence-corrected chi connectivity index (χ2v) is 9.17. The van der Waals surface area contributed by atoms with Gasteiger partial charge in [0.05, 0.1) is 36.4 Å². The Labute approximate surface area is 190 Å². The number of hydrogen-bond acceptors (Lipinski definition) is 5. The number of aromatic nitrogens is 2. The molecule has 2 aromatic carbocycles. The van der Waals surface area contributed by atoms with Gasteiger partial charge in [0, 0.05) is 30.9 Å². The maximum Gasteiger partial charge on any atom is 0.253 e. The molecule has 2 heterocycles. The number of anilines is 4. The molecule has 31 heavy (non-hydrogen) atoms. The molecule has 0 saturated carbocycles. The Morgan fingerprint density at radius 3 is 2.71 bits per heavy atom. The van der Waals surface area contributed by atoms with Gasteiger partial charge in [0.25, 0.3) is 5.91 Å². The predicted molar refractivity (Wildman–Crippen MR) is 127 cm³/mol. The van der Waals surface area contributed by atoms with Crippen molar-refractivity contribution in [3.05, 3.63) is 69.8 Å². The van der Waals surface area contributed by atoms with E-state index in [0.717, 1.165) is 29.7 Å². The van der Waals surface area contributed by atoms with E-state index in [9.17, 15) is 4.79 Å². The van der Waals surface area contributed by atoms with Gasteiger partial charge in [-0.15, -0.1) is 0 Å². The third kappa shape index (κ3) is 4.86. The number of quaternary nitrogens is 1. The van der Waals surface area contributed by atoms with E-state index in [-0.39, 0.29) is 5.91 Å². The van der Waals surface area contributed by atoms with E-state index < -0.39 is 0 Å². The van der Waals surface area contributed by atoms with Crippen molar-refractivity contribution in [2.75, 3.05) is 38.3 Å². The fraction of sp³-hybridized carbons (Fsp3) is 0.261. The number of para-hydroxylation sites is 1. The Morgan fingerprint density at radius 1 is 1.10 bits per heavy atom. The number of likely N-dealkylation sites (N-methyl/N-ethyl adjacent to an activating group) is 1. The highest BCUT2D eigenvalue weighted by molar-refractivity contribution is 9.10. The summed E-state index contributed by atoms with van der Waals surface area (Å²) in [7, 11) is 6.14. The summed E-state index contributed by atoms with van der Waals surface area (Å²) in [5.41, 5.74) is 4.94. The molecule has 1 aliphatic heterocycles. The minimum absolute atomic E-state index is 0.164. The molecule has 3 aromatic rings. The van der Waals surface area contributed by atoms with Crippen LogP contribution in [0.1, 0.15) is 21.5 Å². The van der Waals surface area contributed by atoms with Gasteiger partial charge in [0.1, 0.15) is 12.4 Å². The number of rotatable bonds is 5. The van der Waals surface area contributed by atoms with Crippen LogP contribution in [0.4, 0.5) is 23.1 Å². The molecule has 8 heteroatoms. The number of carbonyl (C=O) groups is 1. The van der Waals surface area contributed by atoms with Crippen LogP contribution in [0.2, 0.25) is 0 Å². The normalized spacial score (nSPS) is 14.5. The Hall–Kier alpha value is -2.97. The van der Waals surface area contributed by atoms with Crippen molar-refractivity contribution in [1.82, 2.24) is 15.3 Å². The molecule has 1 amide bonds. The maximum absolute atomic E-state index is 12.2. The number of fused-ring (bicyclic) bond motifs is 1. The van der Waals surface area contributed by atoms with E-state index >= 15 is 0 Å². The molecule has 0 bridgehead atoms. The number of nitrogens with one attached hydrogen (secondary N) is 3. The summed E-state index contributed by atoms with van der Waals surface area (Å²) in [6, 6.07) is 13.8. The average molecular weight is 482 g/mol. The lowest BCUT2D eigenvalue weighted by molar-refractivity contribution is -0.905. The van der Waals surface area contributed by atoms with E-state index in [1.165, 1.54) is 11.1 Å². The zero-order valence-electron chi connectivity index (χ0n) is 17.9. The molecule has 0 spiro atoms. The van der Waals surface area contributed by atoms with Crippen molar-refractivity contribution in [2.24, 2.45) is 0 Å². The van der Waals surface area contributed by atoms with Gasteiger partial charge in [0.2, 0.25) is 5.95 Å². The third-order valence-corrected chi connectivity index (χ3v) is 6.02. The molecule has 0 fully saturated rings. The monoisotopic (exact) mass is 481 g/mol. The molecule has 0 radical (unpaired) electrons. The van der Waals surface area contributed by atoms with Crippen LogP contribution in [-0.2, 0) is 13.0 Å². The first-order chi connectivity index (χ1) is 14.8. The SMILES string of the molecule is CNC(=O)c1ccccc1Nc1nc(Nc2ccc3c(c2)CC[N+](C)(C)C3)ncc1Br. The first-order valence-corrected chi connectivity index (χ1v) is 11.0. The first-order valence-electron chi connectivity index (χ1n) is 10.2. The quantitative estimate of drug-likeness (QED) is 0.475. The molecular weight excluding hydrogens is 456 g/mol. The molecule has 1 aliphatic rings. The Kier molecular flexibility index (Phi) is 5.93. The second kappa shape index (κ2) is 8.64. The molecule has 160 valence electrons. The average Bonchev–Trinajstić information content (AvgIpc) is 2.75. The molecule has 7 nitrogen and oxygen atoms in total. The van der Waals surface area contributed by atoms with Gasteiger partial charge < -0.3 is 20.4 Å². The minimum atomic E-state index is -0.164. The Bertz CT molecular complexity index is 1130. The van der Waals surface area contributed by atoms with Gasteiger partial charge in [-0.05, 0) is 45.8 Å². The summed E-state index contributed by atoms with van der Waals surface area (Å²) in [5, 5.41) is 9.21. The van der Waals surface area contributed by atoms with Gasteiger partial charge in [0.15, 0.2) is 0 Å². The number of carbonyl (C=O) groups excluding carboxylic acids is 1. The summed E-state index contributed by atoms with van der Waals surface area (Å²) < 4.78 is 1.72. The fourth-order valence-electron chi connectivity index (χ4n) is 3.75. The van der Waals surface area contributed by atoms with Crippen LogP contribution >= 0.6 is 15.9 Å². The highest BCUT2D eigenvalue weighted by Crippen LogP contribution is 2.29. The van der Waals surface area contributed by atoms with Crippen LogP contribution in [0.3, 0.4) is 0 Å². The maximum atomic E-state index is 12.2. The second-order valence-electron chi connectivity index (χ2n) is 8.32. The zero-order valence-corrected chi connectivity index (χ0v) is 19.5. The van der Waals surface area contributed by atoms with Crippen molar-refractivity contribution >= 4 is 45.0 Å². The lowest BCUT2D eigenvalue weighted by Crippen LogP contribution is -2.43. The third-order valence-electron chi connectivity index (χ3n) is 5.44. The topological polar surface area (TPSA) is 78.9 Å². The summed E-state index contributed by atoms with van der Waals surface area (Å²) in [4.78, 5) is 21.2. The molecule has 0 saturated heterocycles. The van der Waals surface area contributed by atoms with E-state index in [4.69, 9.17) is 0 Å². The lowest BCUT2D eigenvalue weighted by Gasteiger charge is -2.34. The van der Waals surface area contributed by atoms with E-state index in [1.54, 1.807) is 19.3 Å². The van der Waals surface area contributed by atoms with E-state index in [2.05, 4.69) is 74.1 Å². The van der Waals surface area contributed by atoms with Crippen molar-refractivity contribution in [3.63, 3.8) is 0 Å². The van der Waals surface area contributed by atoms with E-state index in [1.807, 2.05) is 18.2 Å². The first kappa shape index (κ1) is 21.3. The van der Waals surface area contributed by atoms with Gasteiger partial charge in [-0.2, -0.15) is 4.98 Å². The Morgan fingerprint density at radius 2 is 1.90 bits per heavy atom. The highest BCUT2D eigenvalue weighted by atomic mass is 79.9. The number of nitrogens with zero attached hydrogens (tertiary/aromatic N) is 3. The standard InChI is InChI=1S/C23H25BrN6O/c1-25-22(31)18-6-4-5-7-20(18)28-21-19(24)13-26-23(29-21)27-17-9-8-16-14-30(2,3)11-10-15(16)12-17/h4-9,12-13H,10-11,14H2,1-3H3,(H2-,25,26,27,28,29,31)/p+1. The lowest BCUT2D eigenvalue weighted by atomic mass is 9.98. The summed E-state index contributed by atoms with van der Waals surface area (Å²) in [6.45, 7) is 2.17. The van der Waals surface area contributed by atoms with Crippen LogP contribution < -0.4 is 16.0 Å². The van der Waals surface area contributed by atoms with Crippen LogP contribution in [-0.4, -0.2) is 48.0 Å². The van der Waals surface area contributed by atoms with Gasteiger partial charge in [-0.3, -0.25) is 4.79 Å². The van der Waals surface area contributed by atoms with Crippen molar-refractivity contribution < 1.29 is 9.28 Å². The predicted octanol–water partition coefficient (Wildman–Crippen LogP) is 4.22. The van der Waals surface area contributed by atoms with Crippen LogP contribution in [0.5, 0.6) is 0 Å². The number of benzene rings is 2. The van der Waals surface area contributed by atoms with Gasteiger partial charge >= 0.3 is 0 Å². The molecular formula is C23H26BrN6O+. The number of hydrogen-bond donors (Lipinski definition) is 3. The van der Waals surface area contributed by atoms with Crippen molar-refractivity contribution in [1.29, 1.82) is 0 Å². The molecule has 0 aliphatic carbocycles. The van der Waals surface area contributed by atoms with Gasteiger partial charge in [-0.25, -0.2) is 4.98 Å². The largest absolute Gasteiger partial charge is 0.355 e. The molecule has 0 atom stereocenters. The van der Waals surface area contributed by atoms with E-state index in [0.29, 0.717) is 27.5 Å². The number of amides is 1. The summed E-state index contributed by atoms with van der Waals surface area (Å²) in [5.74, 6) is 0.892. The van der Waals surface area contributed by atoms with Crippen LogP contribution in [0.25, 0.3) is 0 Å². The Balaban J connectivity index is 1.56. The zero-order chi connectivity index (χ0) is 22.0. The van der Waals surface area contributed by atoms with Crippen molar-refractivity contribution in [3.8, 4) is 0 Å². The summed E-state index contributed by atoms with van der Waals surface area (Å²) >= 11 is 3.49.